The number of para-hydroxylation sites is 1. The van der Waals surface area contributed by atoms with Crippen LogP contribution in [0.2, 0.25) is 0 Å². The van der Waals surface area contributed by atoms with Crippen molar-refractivity contribution < 1.29 is 14.1 Å². The summed E-state index contributed by atoms with van der Waals surface area (Å²) < 4.78 is 12.2. The topological polar surface area (TPSA) is 47.6 Å². The van der Waals surface area contributed by atoms with Gasteiger partial charge in [0, 0.05) is 18.1 Å². The van der Waals surface area contributed by atoms with E-state index in [1.165, 1.54) is 6.92 Å². The molecule has 1 fully saturated rings. The van der Waals surface area contributed by atoms with Gasteiger partial charge in [0.05, 0.1) is 11.2 Å². The zero-order valence-electron chi connectivity index (χ0n) is 12.8. The van der Waals surface area contributed by atoms with Crippen LogP contribution >= 0.6 is 0 Å². The van der Waals surface area contributed by atoms with Crippen LogP contribution in [0.3, 0.4) is 0 Å². The molecule has 2 rings (SSSR count). The fourth-order valence-corrected chi connectivity index (χ4v) is 2.44. The number of carbonyl (C=O) groups is 1. The summed E-state index contributed by atoms with van der Waals surface area (Å²) in [5.41, 5.74) is 0.866. The number of anilines is 1. The van der Waals surface area contributed by atoms with Crippen LogP contribution in [-0.2, 0) is 14.1 Å². The first-order chi connectivity index (χ1) is 9.29. The third-order valence-corrected chi connectivity index (χ3v) is 4.24. The van der Waals surface area contributed by atoms with Gasteiger partial charge >= 0.3 is 7.12 Å². The Kier molecular flexibility index (Phi) is 3.94. The summed E-state index contributed by atoms with van der Waals surface area (Å²) >= 11 is 0. The molecule has 1 atom stereocenters. The average Bonchev–Trinajstić information content (AvgIpc) is 2.61. The Balaban J connectivity index is 2.33. The molecule has 1 unspecified atom stereocenters. The highest BCUT2D eigenvalue weighted by atomic mass is 16.7. The lowest BCUT2D eigenvalue weighted by atomic mass is 9.77. The second-order valence-corrected chi connectivity index (χ2v) is 5.93. The van der Waals surface area contributed by atoms with E-state index < -0.39 is 7.12 Å². The Morgan fingerprint density at radius 1 is 1.25 bits per heavy atom. The minimum absolute atomic E-state index is 0.104. The Labute approximate surface area is 121 Å². The molecule has 20 heavy (non-hydrogen) atoms. The van der Waals surface area contributed by atoms with Crippen LogP contribution in [0.15, 0.2) is 24.3 Å². The van der Waals surface area contributed by atoms with E-state index in [4.69, 9.17) is 9.31 Å². The fourth-order valence-electron chi connectivity index (χ4n) is 2.44. The maximum Gasteiger partial charge on any atom is 0.496 e. The smallest absolute Gasteiger partial charge is 0.399 e. The number of carbonyl (C=O) groups excluding carboxylic acids is 1. The monoisotopic (exact) mass is 275 g/mol. The third kappa shape index (κ3) is 2.60. The molecule has 0 aromatic heterocycles. The largest absolute Gasteiger partial charge is 0.496 e. The van der Waals surface area contributed by atoms with Crippen molar-refractivity contribution in [2.75, 3.05) is 5.32 Å². The zero-order chi connectivity index (χ0) is 15.0. The van der Waals surface area contributed by atoms with E-state index in [2.05, 4.69) is 19.2 Å². The summed E-state index contributed by atoms with van der Waals surface area (Å²) in [5.74, 6) is -0.104. The van der Waals surface area contributed by atoms with Gasteiger partial charge in [-0.1, -0.05) is 25.1 Å². The molecule has 1 aromatic rings. The van der Waals surface area contributed by atoms with Crippen LogP contribution in [0.25, 0.3) is 0 Å². The molecule has 1 heterocycles. The molecule has 0 bridgehead atoms. The van der Waals surface area contributed by atoms with Crippen molar-refractivity contribution in [1.82, 2.24) is 0 Å². The Hall–Kier alpha value is -1.33. The summed E-state index contributed by atoms with van der Waals surface area (Å²) in [6, 6.07) is 7.58. The van der Waals surface area contributed by atoms with E-state index in [1.807, 2.05) is 38.1 Å². The highest BCUT2D eigenvalue weighted by Gasteiger charge is 2.53. The van der Waals surface area contributed by atoms with E-state index in [-0.39, 0.29) is 17.1 Å². The van der Waals surface area contributed by atoms with E-state index in [1.54, 1.807) is 0 Å². The highest BCUT2D eigenvalue weighted by Crippen LogP contribution is 2.39. The normalized spacial score (nSPS) is 24.8. The van der Waals surface area contributed by atoms with Crippen molar-refractivity contribution in [1.29, 1.82) is 0 Å². The summed E-state index contributed by atoms with van der Waals surface area (Å²) in [7, 11) is -0.460. The van der Waals surface area contributed by atoms with Crippen LogP contribution in [0.4, 0.5) is 5.69 Å². The van der Waals surface area contributed by atoms with E-state index >= 15 is 0 Å². The predicted octanol–water partition coefficient (Wildman–Crippen LogP) is 2.33. The summed E-state index contributed by atoms with van der Waals surface area (Å²) in [5, 5.41) is 2.82. The molecule has 5 heteroatoms. The van der Waals surface area contributed by atoms with Crippen LogP contribution in [-0.4, -0.2) is 24.2 Å². The van der Waals surface area contributed by atoms with E-state index in [9.17, 15) is 4.79 Å². The van der Waals surface area contributed by atoms with Crippen molar-refractivity contribution in [3.8, 4) is 0 Å². The Morgan fingerprint density at radius 2 is 1.90 bits per heavy atom. The molecule has 1 N–H and O–H groups in total. The molecular formula is C15H22BNO3. The van der Waals surface area contributed by atoms with Gasteiger partial charge in [-0.15, -0.1) is 0 Å². The molecular weight excluding hydrogens is 253 g/mol. The molecule has 1 aliphatic rings. The predicted molar refractivity (Wildman–Crippen MR) is 81.1 cm³/mol. The molecule has 0 radical (unpaired) electrons. The first kappa shape index (κ1) is 15.1. The lowest BCUT2D eigenvalue weighted by molar-refractivity contribution is -0.114. The standard InChI is InChI=1S/C15H22BNO3/c1-6-15(5)14(3,4)19-16(20-15)12-9-7-8-10-13(12)17-11(2)18/h7-10H,6H2,1-5H3,(H,17,18). The van der Waals surface area contributed by atoms with Gasteiger partial charge in [-0.25, -0.2) is 0 Å². The fraction of sp³-hybridized carbons (Fsp3) is 0.533. The lowest BCUT2D eigenvalue weighted by Crippen LogP contribution is -2.44. The van der Waals surface area contributed by atoms with Crippen molar-refractivity contribution in [3.05, 3.63) is 24.3 Å². The molecule has 0 spiro atoms. The molecule has 1 amide bonds. The van der Waals surface area contributed by atoms with Crippen LogP contribution < -0.4 is 10.8 Å². The number of benzene rings is 1. The van der Waals surface area contributed by atoms with E-state index in [0.29, 0.717) is 0 Å². The maximum absolute atomic E-state index is 11.3. The average molecular weight is 275 g/mol. The van der Waals surface area contributed by atoms with Crippen molar-refractivity contribution in [3.63, 3.8) is 0 Å². The molecule has 108 valence electrons. The zero-order valence-corrected chi connectivity index (χ0v) is 12.8. The minimum atomic E-state index is -0.460. The van der Waals surface area contributed by atoms with Gasteiger partial charge in [0.15, 0.2) is 0 Å². The van der Waals surface area contributed by atoms with Gasteiger partial charge in [0.2, 0.25) is 5.91 Å². The molecule has 0 aliphatic carbocycles. The van der Waals surface area contributed by atoms with Crippen LogP contribution in [0.1, 0.15) is 41.0 Å². The van der Waals surface area contributed by atoms with Crippen LogP contribution in [0, 0.1) is 0 Å². The summed E-state index contributed by atoms with van der Waals surface area (Å²) in [6.07, 6.45) is 0.860. The molecule has 1 saturated heterocycles. The minimum Gasteiger partial charge on any atom is -0.399 e. The Bertz CT molecular complexity index is 518. The quantitative estimate of drug-likeness (QED) is 0.861. The van der Waals surface area contributed by atoms with Gasteiger partial charge in [-0.2, -0.15) is 0 Å². The van der Waals surface area contributed by atoms with Gasteiger partial charge in [0.25, 0.3) is 0 Å². The first-order valence-electron chi connectivity index (χ1n) is 7.01. The molecule has 4 nitrogen and oxygen atoms in total. The first-order valence-corrected chi connectivity index (χ1v) is 7.01. The van der Waals surface area contributed by atoms with Crippen molar-refractivity contribution in [2.45, 2.75) is 52.2 Å². The summed E-state index contributed by atoms with van der Waals surface area (Å²) in [6.45, 7) is 9.73. The van der Waals surface area contributed by atoms with Crippen molar-refractivity contribution in [2.24, 2.45) is 0 Å². The maximum atomic E-state index is 11.3. The lowest BCUT2D eigenvalue weighted by Gasteiger charge is -2.35. The number of nitrogens with one attached hydrogen (secondary N) is 1. The second-order valence-electron chi connectivity index (χ2n) is 5.93. The van der Waals surface area contributed by atoms with Gasteiger partial charge in [-0.05, 0) is 33.3 Å². The van der Waals surface area contributed by atoms with Gasteiger partial charge < -0.3 is 14.6 Å². The Morgan fingerprint density at radius 3 is 2.45 bits per heavy atom. The number of rotatable bonds is 3. The number of amides is 1. The highest BCUT2D eigenvalue weighted by molar-refractivity contribution is 6.64. The van der Waals surface area contributed by atoms with E-state index in [0.717, 1.165) is 17.6 Å². The second kappa shape index (κ2) is 5.22. The van der Waals surface area contributed by atoms with Gasteiger partial charge in [0.1, 0.15) is 0 Å². The molecule has 1 aliphatic heterocycles. The molecule has 1 aromatic carbocycles. The number of hydrogen-bond donors (Lipinski definition) is 1. The third-order valence-electron chi connectivity index (χ3n) is 4.24. The number of hydrogen-bond acceptors (Lipinski definition) is 3. The SMILES string of the molecule is CCC1(C)OB(c2ccccc2NC(C)=O)OC1(C)C. The molecule has 0 saturated carbocycles. The summed E-state index contributed by atoms with van der Waals surface area (Å²) in [4.78, 5) is 11.3. The van der Waals surface area contributed by atoms with Crippen LogP contribution in [0.5, 0.6) is 0 Å². The van der Waals surface area contributed by atoms with Gasteiger partial charge in [-0.3, -0.25) is 4.79 Å². The van der Waals surface area contributed by atoms with Crippen molar-refractivity contribution >= 4 is 24.2 Å².